The third-order valence-electron chi connectivity index (χ3n) is 5.35. The molecule has 0 amide bonds. The molecule has 1 aromatic heterocycles. The van der Waals surface area contributed by atoms with Crippen molar-refractivity contribution in [1.29, 1.82) is 0 Å². The maximum Gasteiger partial charge on any atom is 0.173 e. The monoisotopic (exact) mass is 393 g/mol. The molecule has 28 heavy (non-hydrogen) atoms. The van der Waals surface area contributed by atoms with Crippen LogP contribution < -0.4 is 10.6 Å². The fourth-order valence-corrected chi connectivity index (χ4v) is 3.99. The van der Waals surface area contributed by atoms with Gasteiger partial charge in [0.15, 0.2) is 5.11 Å². The fourth-order valence-electron chi connectivity index (χ4n) is 3.70. The minimum Gasteiger partial charge on any atom is -0.381 e. The normalized spacial score (nSPS) is 17.1. The zero-order valence-electron chi connectivity index (χ0n) is 16.4. The van der Waals surface area contributed by atoms with E-state index in [-0.39, 0.29) is 0 Å². The van der Waals surface area contributed by atoms with Crippen molar-refractivity contribution in [2.45, 2.75) is 38.6 Å². The van der Waals surface area contributed by atoms with E-state index in [4.69, 9.17) is 12.2 Å². The first-order valence-corrected chi connectivity index (χ1v) is 10.3. The lowest BCUT2D eigenvalue weighted by molar-refractivity contribution is 0.325. The summed E-state index contributed by atoms with van der Waals surface area (Å²) < 4.78 is 0. The number of nitrogens with zero attached hydrogens (tertiary/aromatic N) is 2. The number of H-pyrrole nitrogens is 1. The minimum atomic E-state index is 0.376. The van der Waals surface area contributed by atoms with Crippen LogP contribution in [0.5, 0.6) is 0 Å². The van der Waals surface area contributed by atoms with E-state index in [1.54, 1.807) is 0 Å². The number of piperidine rings is 1. The van der Waals surface area contributed by atoms with Crippen molar-refractivity contribution < 1.29 is 0 Å². The number of anilines is 2. The first kappa shape index (κ1) is 18.7. The fraction of sp³-hybridized carbons (Fsp3) is 0.364. The molecule has 146 valence electrons. The Morgan fingerprint density at radius 2 is 1.96 bits per heavy atom. The number of aromatic nitrogens is 2. The van der Waals surface area contributed by atoms with Crippen LogP contribution in [0, 0.1) is 0 Å². The van der Waals surface area contributed by atoms with E-state index in [0.717, 1.165) is 53.3 Å². The molecule has 0 radical (unpaired) electrons. The quantitative estimate of drug-likeness (QED) is 0.547. The Labute approximate surface area is 171 Å². The van der Waals surface area contributed by atoms with Gasteiger partial charge in [-0.1, -0.05) is 26.0 Å². The standard InChI is InChI=1S/C22H27N5S/c1-15(2)16-5-7-18(8-6-16)25-22(28)27-11-3-4-20(14-27)24-19-9-10-21-17(12-19)13-23-26-21/h5-10,12-13,15,20,24H,3-4,11,14H2,1-2H3,(H,23,26)(H,25,28). The highest BCUT2D eigenvalue weighted by molar-refractivity contribution is 7.80. The molecule has 5 nitrogen and oxygen atoms in total. The van der Waals surface area contributed by atoms with Crippen molar-refractivity contribution in [2.24, 2.45) is 0 Å². The van der Waals surface area contributed by atoms with E-state index in [1.807, 2.05) is 6.20 Å². The van der Waals surface area contributed by atoms with Crippen molar-refractivity contribution >= 4 is 39.6 Å². The van der Waals surface area contributed by atoms with Crippen LogP contribution in [0.25, 0.3) is 10.9 Å². The maximum absolute atomic E-state index is 5.68. The van der Waals surface area contributed by atoms with Crippen LogP contribution in [-0.4, -0.2) is 39.3 Å². The first-order valence-electron chi connectivity index (χ1n) is 9.94. The Kier molecular flexibility index (Phi) is 5.48. The number of likely N-dealkylation sites (tertiary alicyclic amines) is 1. The Hall–Kier alpha value is -2.60. The summed E-state index contributed by atoms with van der Waals surface area (Å²) in [7, 11) is 0. The van der Waals surface area contributed by atoms with Gasteiger partial charge in [0.05, 0.1) is 11.7 Å². The van der Waals surface area contributed by atoms with E-state index in [9.17, 15) is 0 Å². The van der Waals surface area contributed by atoms with E-state index >= 15 is 0 Å². The lowest BCUT2D eigenvalue weighted by Gasteiger charge is -2.35. The van der Waals surface area contributed by atoms with Crippen molar-refractivity contribution in [3.8, 4) is 0 Å². The van der Waals surface area contributed by atoms with Crippen LogP contribution in [-0.2, 0) is 0 Å². The van der Waals surface area contributed by atoms with Crippen molar-refractivity contribution in [3.05, 3.63) is 54.2 Å². The van der Waals surface area contributed by atoms with Crippen LogP contribution in [0.2, 0.25) is 0 Å². The number of hydrogen-bond donors (Lipinski definition) is 3. The Bertz CT molecular complexity index is 947. The summed E-state index contributed by atoms with van der Waals surface area (Å²) in [6.07, 6.45) is 4.13. The molecule has 2 heterocycles. The molecule has 1 aliphatic rings. The molecule has 6 heteroatoms. The Balaban J connectivity index is 1.36. The molecule has 1 atom stereocenters. The van der Waals surface area contributed by atoms with E-state index in [2.05, 4.69) is 82.0 Å². The molecule has 0 spiro atoms. The molecule has 1 saturated heterocycles. The predicted octanol–water partition coefficient (Wildman–Crippen LogP) is 4.96. The second-order valence-electron chi connectivity index (χ2n) is 7.81. The molecular weight excluding hydrogens is 366 g/mol. The molecular formula is C22H27N5S. The summed E-state index contributed by atoms with van der Waals surface area (Å²) in [5, 5.41) is 16.1. The van der Waals surface area contributed by atoms with Gasteiger partial charge in [0.25, 0.3) is 0 Å². The number of aromatic amines is 1. The number of rotatable bonds is 4. The van der Waals surface area contributed by atoms with Gasteiger partial charge in [0.1, 0.15) is 0 Å². The highest BCUT2D eigenvalue weighted by Crippen LogP contribution is 2.22. The summed E-state index contributed by atoms with van der Waals surface area (Å²) >= 11 is 5.68. The van der Waals surface area contributed by atoms with Gasteiger partial charge in [-0.2, -0.15) is 5.10 Å². The van der Waals surface area contributed by atoms with Crippen LogP contribution in [0.15, 0.2) is 48.7 Å². The van der Waals surface area contributed by atoms with Crippen LogP contribution >= 0.6 is 12.2 Å². The molecule has 0 saturated carbocycles. The van der Waals surface area contributed by atoms with Gasteiger partial charge in [0.2, 0.25) is 0 Å². The van der Waals surface area contributed by atoms with E-state index in [1.165, 1.54) is 5.56 Å². The molecule has 2 aromatic carbocycles. The number of benzene rings is 2. The van der Waals surface area contributed by atoms with Gasteiger partial charge in [0, 0.05) is 35.9 Å². The summed E-state index contributed by atoms with van der Waals surface area (Å²) in [6.45, 7) is 6.31. The third-order valence-corrected chi connectivity index (χ3v) is 5.71. The minimum absolute atomic E-state index is 0.376. The van der Waals surface area contributed by atoms with Gasteiger partial charge < -0.3 is 15.5 Å². The van der Waals surface area contributed by atoms with Crippen LogP contribution in [0.3, 0.4) is 0 Å². The van der Waals surface area contributed by atoms with Gasteiger partial charge >= 0.3 is 0 Å². The van der Waals surface area contributed by atoms with Gasteiger partial charge in [-0.3, -0.25) is 5.10 Å². The van der Waals surface area contributed by atoms with Crippen molar-refractivity contribution in [2.75, 3.05) is 23.7 Å². The summed E-state index contributed by atoms with van der Waals surface area (Å²) in [5.41, 5.74) is 4.58. The van der Waals surface area contributed by atoms with Gasteiger partial charge in [-0.05, 0) is 66.9 Å². The van der Waals surface area contributed by atoms with Gasteiger partial charge in [-0.25, -0.2) is 0 Å². The maximum atomic E-state index is 5.68. The molecule has 0 bridgehead atoms. The topological polar surface area (TPSA) is 56.0 Å². The number of nitrogens with one attached hydrogen (secondary N) is 3. The molecule has 3 N–H and O–H groups in total. The number of thiocarbonyl (C=S) groups is 1. The zero-order chi connectivity index (χ0) is 19.5. The summed E-state index contributed by atoms with van der Waals surface area (Å²) in [6, 6.07) is 15.3. The molecule has 4 rings (SSSR count). The molecule has 1 fully saturated rings. The lowest BCUT2D eigenvalue weighted by atomic mass is 10.0. The Morgan fingerprint density at radius 3 is 2.75 bits per heavy atom. The van der Waals surface area contributed by atoms with Gasteiger partial charge in [-0.15, -0.1) is 0 Å². The van der Waals surface area contributed by atoms with Crippen LogP contribution in [0.1, 0.15) is 38.2 Å². The largest absolute Gasteiger partial charge is 0.381 e. The highest BCUT2D eigenvalue weighted by atomic mass is 32.1. The van der Waals surface area contributed by atoms with E-state index < -0.39 is 0 Å². The zero-order valence-corrected chi connectivity index (χ0v) is 17.2. The highest BCUT2D eigenvalue weighted by Gasteiger charge is 2.22. The Morgan fingerprint density at radius 1 is 1.18 bits per heavy atom. The average Bonchev–Trinajstić information content (AvgIpc) is 3.16. The second kappa shape index (κ2) is 8.19. The smallest absolute Gasteiger partial charge is 0.173 e. The van der Waals surface area contributed by atoms with Crippen LogP contribution in [0.4, 0.5) is 11.4 Å². The average molecular weight is 394 g/mol. The SMILES string of the molecule is CC(C)c1ccc(NC(=S)N2CCCC(Nc3ccc4[nH]ncc4c3)C2)cc1. The summed E-state index contributed by atoms with van der Waals surface area (Å²) in [5.74, 6) is 0.538. The molecule has 3 aromatic rings. The molecule has 1 aliphatic heterocycles. The molecule has 1 unspecified atom stereocenters. The molecule has 0 aliphatic carbocycles. The summed E-state index contributed by atoms with van der Waals surface area (Å²) in [4.78, 5) is 2.27. The van der Waals surface area contributed by atoms with Crippen molar-refractivity contribution in [3.63, 3.8) is 0 Å². The number of fused-ring (bicyclic) bond motifs is 1. The van der Waals surface area contributed by atoms with Crippen molar-refractivity contribution in [1.82, 2.24) is 15.1 Å². The predicted molar refractivity (Wildman–Crippen MR) is 121 cm³/mol. The number of hydrogen-bond acceptors (Lipinski definition) is 3. The first-order chi connectivity index (χ1) is 13.6. The lowest BCUT2D eigenvalue weighted by Crippen LogP contribution is -2.46. The van der Waals surface area contributed by atoms with E-state index in [0.29, 0.717) is 12.0 Å². The third kappa shape index (κ3) is 4.28. The second-order valence-corrected chi connectivity index (χ2v) is 8.20.